The Hall–Kier alpha value is -4.26. The first kappa shape index (κ1) is 30.7. The first-order valence-electron chi connectivity index (χ1n) is 14.3. The molecule has 0 atom stereocenters. The molecule has 0 radical (unpaired) electrons. The number of hydrogen-bond donors (Lipinski definition) is 2. The van der Waals surface area contributed by atoms with Crippen molar-refractivity contribution in [3.05, 3.63) is 78.1 Å². The lowest BCUT2D eigenvalue weighted by atomic mass is 10.1. The van der Waals surface area contributed by atoms with Crippen LogP contribution in [0, 0.1) is 0 Å². The van der Waals surface area contributed by atoms with Crippen LogP contribution in [0.15, 0.2) is 55.6 Å². The number of benzene rings is 1. The molecule has 228 valence electrons. The van der Waals surface area contributed by atoms with Gasteiger partial charge >= 0.3 is 11.4 Å². The van der Waals surface area contributed by atoms with Gasteiger partial charge in [-0.1, -0.05) is 12.1 Å². The summed E-state index contributed by atoms with van der Waals surface area (Å²) in [6.07, 6.45) is 1.71. The van der Waals surface area contributed by atoms with Gasteiger partial charge in [0.05, 0.1) is 52.1 Å². The number of quaternary nitrogens is 1. The van der Waals surface area contributed by atoms with E-state index in [1.165, 1.54) is 35.4 Å². The summed E-state index contributed by atoms with van der Waals surface area (Å²) in [5, 5.41) is 6.55. The maximum atomic E-state index is 12.3. The fourth-order valence-corrected chi connectivity index (χ4v) is 5.65. The second-order valence-corrected chi connectivity index (χ2v) is 11.0. The Bertz CT molecular complexity index is 1540. The zero-order chi connectivity index (χ0) is 30.4. The van der Waals surface area contributed by atoms with Crippen molar-refractivity contribution in [2.45, 2.75) is 12.8 Å². The third kappa shape index (κ3) is 6.62. The summed E-state index contributed by atoms with van der Waals surface area (Å²) in [7, 11) is 7.94. The molecule has 0 unspecified atom stereocenters. The minimum atomic E-state index is -0.359. The number of ether oxygens (including phenoxy) is 1. The predicted octanol–water partition coefficient (Wildman–Crippen LogP) is 0.131. The molecule has 1 aliphatic heterocycles. The summed E-state index contributed by atoms with van der Waals surface area (Å²) in [5.74, 6) is 1.89. The number of nitrogens with one attached hydrogen (secondary N) is 2. The van der Waals surface area contributed by atoms with Crippen LogP contribution in [0.1, 0.15) is 12.8 Å². The van der Waals surface area contributed by atoms with Crippen molar-refractivity contribution in [3.8, 4) is 5.75 Å². The van der Waals surface area contributed by atoms with Crippen LogP contribution in [0.5, 0.6) is 5.75 Å². The van der Waals surface area contributed by atoms with E-state index < -0.39 is 0 Å². The van der Waals surface area contributed by atoms with Crippen molar-refractivity contribution in [2.75, 3.05) is 75.0 Å². The van der Waals surface area contributed by atoms with Gasteiger partial charge in [0.1, 0.15) is 17.4 Å². The van der Waals surface area contributed by atoms with Gasteiger partial charge in [0.25, 0.3) is 11.1 Å². The van der Waals surface area contributed by atoms with Crippen molar-refractivity contribution < 1.29 is 9.22 Å². The van der Waals surface area contributed by atoms with Crippen LogP contribution in [0.25, 0.3) is 0 Å². The monoisotopic (exact) mass is 583 g/mol. The van der Waals surface area contributed by atoms with Gasteiger partial charge in [-0.25, -0.2) is 9.59 Å². The maximum Gasteiger partial charge on any atom is 0.332 e. The number of anilines is 3. The molecule has 1 aliphatic rings. The van der Waals surface area contributed by atoms with Crippen LogP contribution in [0.3, 0.4) is 0 Å². The second kappa shape index (κ2) is 13.1. The number of methoxy groups -OCH3 is 1. The van der Waals surface area contributed by atoms with E-state index in [1.54, 1.807) is 21.2 Å². The Morgan fingerprint density at radius 3 is 1.69 bits per heavy atom. The second-order valence-electron chi connectivity index (χ2n) is 11.0. The standard InChI is InChI=1S/C29H42N8O5/c1-32-24(20-26(38)34(3)28(32)40)30-12-8-16-37(17-9-13-31-25-21-27(39)35(4)29(41)33(25)2)18-14-36(15-19-37)22-10-6-7-11-23(22)42-5/h6-7,10-11,20-21H,8-9,12-19H2,1-5H3,(H-,30,31,38,39)/p+1. The molecular weight excluding hydrogens is 540 g/mol. The van der Waals surface area contributed by atoms with Crippen molar-refractivity contribution in [3.63, 3.8) is 0 Å². The third-order valence-corrected chi connectivity index (χ3v) is 8.40. The summed E-state index contributed by atoms with van der Waals surface area (Å²) in [5.41, 5.74) is -0.292. The molecule has 2 aromatic heterocycles. The third-order valence-electron chi connectivity index (χ3n) is 8.40. The fourth-order valence-electron chi connectivity index (χ4n) is 5.65. The number of nitrogens with zero attached hydrogens (tertiary/aromatic N) is 6. The number of hydrogen-bond acceptors (Lipinski definition) is 8. The van der Waals surface area contributed by atoms with Crippen molar-refractivity contribution >= 4 is 17.3 Å². The molecule has 13 nitrogen and oxygen atoms in total. The van der Waals surface area contributed by atoms with E-state index in [4.69, 9.17) is 4.74 Å². The largest absolute Gasteiger partial charge is 0.495 e. The normalized spacial score (nSPS) is 14.5. The Labute approximate surface area is 244 Å². The summed E-state index contributed by atoms with van der Waals surface area (Å²) < 4.78 is 11.6. The molecule has 1 fully saturated rings. The van der Waals surface area contributed by atoms with Crippen LogP contribution in [-0.4, -0.2) is 82.2 Å². The molecule has 2 N–H and O–H groups in total. The highest BCUT2D eigenvalue weighted by molar-refractivity contribution is 5.58. The summed E-state index contributed by atoms with van der Waals surface area (Å²) in [6.45, 7) is 6.78. The average Bonchev–Trinajstić information content (AvgIpc) is 3.00. The van der Waals surface area contributed by atoms with Crippen LogP contribution < -0.4 is 42.8 Å². The topological polar surface area (TPSA) is 125 Å². The van der Waals surface area contributed by atoms with Gasteiger partial charge in [0.15, 0.2) is 0 Å². The highest BCUT2D eigenvalue weighted by Crippen LogP contribution is 2.30. The smallest absolute Gasteiger partial charge is 0.332 e. The summed E-state index contributed by atoms with van der Waals surface area (Å²) in [6, 6.07) is 11.0. The van der Waals surface area contributed by atoms with E-state index in [0.717, 1.165) is 77.2 Å². The Balaban J connectivity index is 1.42. The van der Waals surface area contributed by atoms with Gasteiger partial charge in [0.2, 0.25) is 0 Å². The zero-order valence-electron chi connectivity index (χ0n) is 25.3. The van der Waals surface area contributed by atoms with E-state index in [9.17, 15) is 19.2 Å². The molecule has 4 rings (SSSR count). The first-order chi connectivity index (χ1) is 20.1. The van der Waals surface area contributed by atoms with Crippen LogP contribution in [-0.2, 0) is 28.2 Å². The average molecular weight is 584 g/mol. The highest BCUT2D eigenvalue weighted by atomic mass is 16.5. The van der Waals surface area contributed by atoms with Gasteiger partial charge in [-0.05, 0) is 12.1 Å². The quantitative estimate of drug-likeness (QED) is 0.228. The van der Waals surface area contributed by atoms with E-state index in [-0.39, 0.29) is 22.5 Å². The van der Waals surface area contributed by atoms with E-state index in [0.29, 0.717) is 24.7 Å². The van der Waals surface area contributed by atoms with Gasteiger partial charge in [0, 0.05) is 66.3 Å². The van der Waals surface area contributed by atoms with E-state index in [1.807, 2.05) is 18.2 Å². The van der Waals surface area contributed by atoms with Crippen LogP contribution in [0.2, 0.25) is 0 Å². The lowest BCUT2D eigenvalue weighted by Gasteiger charge is -2.46. The summed E-state index contributed by atoms with van der Waals surface area (Å²) >= 11 is 0. The number of piperazine rings is 1. The fraction of sp³-hybridized carbons (Fsp3) is 0.517. The molecule has 42 heavy (non-hydrogen) atoms. The Kier molecular flexibility index (Phi) is 9.61. The predicted molar refractivity (Wildman–Crippen MR) is 165 cm³/mol. The molecule has 0 bridgehead atoms. The minimum Gasteiger partial charge on any atom is -0.495 e. The molecule has 13 heteroatoms. The van der Waals surface area contributed by atoms with Gasteiger partial charge in [-0.2, -0.15) is 0 Å². The van der Waals surface area contributed by atoms with Gasteiger partial charge in [-0.15, -0.1) is 0 Å². The highest BCUT2D eigenvalue weighted by Gasteiger charge is 2.33. The molecule has 0 amide bonds. The number of rotatable bonds is 12. The molecule has 0 aliphatic carbocycles. The number of aromatic nitrogens is 4. The lowest BCUT2D eigenvalue weighted by molar-refractivity contribution is -0.928. The van der Waals surface area contributed by atoms with Crippen LogP contribution >= 0.6 is 0 Å². The molecule has 0 saturated carbocycles. The lowest BCUT2D eigenvalue weighted by Crippen LogP contribution is -2.60. The van der Waals surface area contributed by atoms with E-state index in [2.05, 4.69) is 21.6 Å². The van der Waals surface area contributed by atoms with Crippen molar-refractivity contribution in [1.82, 2.24) is 18.3 Å². The molecule has 0 spiro atoms. The van der Waals surface area contributed by atoms with Gasteiger partial charge in [-0.3, -0.25) is 27.9 Å². The minimum absolute atomic E-state index is 0.335. The van der Waals surface area contributed by atoms with Crippen molar-refractivity contribution in [2.24, 2.45) is 28.2 Å². The Morgan fingerprint density at radius 2 is 1.21 bits per heavy atom. The molecule has 1 aromatic carbocycles. The molecular formula is C29H43N8O5+. The molecule has 1 saturated heterocycles. The maximum absolute atomic E-state index is 12.3. The summed E-state index contributed by atoms with van der Waals surface area (Å²) in [4.78, 5) is 51.2. The number of para-hydroxylation sites is 2. The van der Waals surface area contributed by atoms with Crippen molar-refractivity contribution in [1.29, 1.82) is 0 Å². The molecule has 3 aromatic rings. The first-order valence-corrected chi connectivity index (χ1v) is 14.3. The zero-order valence-corrected chi connectivity index (χ0v) is 25.3. The van der Waals surface area contributed by atoms with Gasteiger partial charge < -0.3 is 24.8 Å². The SMILES string of the molecule is COc1ccccc1N1CC[N+](CCCNc2cc(=O)n(C)c(=O)n2C)(CCCNc2cc(=O)n(C)c(=O)n2C)CC1. The van der Waals surface area contributed by atoms with E-state index >= 15 is 0 Å². The Morgan fingerprint density at radius 1 is 0.738 bits per heavy atom. The molecule has 3 heterocycles. The van der Waals surface area contributed by atoms with Crippen LogP contribution in [0.4, 0.5) is 17.3 Å².